The third kappa shape index (κ3) is 5.36. The second-order valence-electron chi connectivity index (χ2n) is 10.3. The van der Waals surface area contributed by atoms with Crippen LogP contribution in [0.3, 0.4) is 0 Å². The van der Waals surface area contributed by atoms with Crippen LogP contribution in [0.4, 0.5) is 36.4 Å². The van der Waals surface area contributed by atoms with Crippen LogP contribution in [0.15, 0.2) is 30.3 Å². The van der Waals surface area contributed by atoms with Gasteiger partial charge in [0.05, 0.1) is 19.3 Å². The lowest BCUT2D eigenvalue weighted by molar-refractivity contribution is -0.155. The highest BCUT2D eigenvalue weighted by Crippen LogP contribution is 2.44. The molecule has 3 aromatic rings. The summed E-state index contributed by atoms with van der Waals surface area (Å²) in [5.41, 5.74) is 0.962. The predicted molar refractivity (Wildman–Crippen MR) is 131 cm³/mol. The molecule has 2 aliphatic rings. The van der Waals surface area contributed by atoms with Crippen LogP contribution in [-0.4, -0.2) is 65.9 Å². The van der Waals surface area contributed by atoms with E-state index in [1.54, 1.807) is 6.92 Å². The topological polar surface area (TPSA) is 34.3 Å². The standard InChI is InChI=1S/C27H29F7N4/c1-15-9-20-19-10-16(29)3-4-23(19)36-25(20)26(38(15)14-27(32,33)34)24-21(30)11-18(12-22(24)31)35-17-5-8-37(13-17)7-2-6-28/h3-4,10-12,15,17,26,35-36H,2,5-9,13-14H2,1H3/t15-,17+,26-/m1/s1. The largest absolute Gasteiger partial charge is 0.401 e. The minimum absolute atomic E-state index is 0.0918. The molecule has 2 N–H and O–H groups in total. The lowest BCUT2D eigenvalue weighted by Gasteiger charge is -2.41. The highest BCUT2D eigenvalue weighted by molar-refractivity contribution is 5.85. The van der Waals surface area contributed by atoms with Crippen molar-refractivity contribution in [2.75, 3.05) is 38.2 Å². The highest BCUT2D eigenvalue weighted by atomic mass is 19.4. The van der Waals surface area contributed by atoms with E-state index < -0.39 is 54.5 Å². The normalized spacial score (nSPS) is 22.8. The molecule has 2 aromatic carbocycles. The van der Waals surface area contributed by atoms with Crippen molar-refractivity contribution in [2.45, 2.75) is 50.5 Å². The molecule has 3 atom stereocenters. The Labute approximate surface area is 215 Å². The molecule has 11 heteroatoms. The Balaban J connectivity index is 1.52. The Morgan fingerprint density at radius 3 is 2.50 bits per heavy atom. The van der Waals surface area contributed by atoms with Crippen LogP contribution in [0.25, 0.3) is 10.9 Å². The monoisotopic (exact) mass is 542 g/mol. The van der Waals surface area contributed by atoms with Crippen molar-refractivity contribution in [3.05, 3.63) is 64.6 Å². The molecule has 0 radical (unpaired) electrons. The van der Waals surface area contributed by atoms with Crippen molar-refractivity contribution in [1.29, 1.82) is 0 Å². The summed E-state index contributed by atoms with van der Waals surface area (Å²) >= 11 is 0. The van der Waals surface area contributed by atoms with Crippen LogP contribution in [0.5, 0.6) is 0 Å². The minimum atomic E-state index is -4.60. The summed E-state index contributed by atoms with van der Waals surface area (Å²) in [4.78, 5) is 6.13. The van der Waals surface area contributed by atoms with Crippen LogP contribution < -0.4 is 5.32 Å². The van der Waals surface area contributed by atoms with E-state index in [-0.39, 0.29) is 23.8 Å². The molecule has 1 aromatic heterocycles. The van der Waals surface area contributed by atoms with Crippen molar-refractivity contribution < 1.29 is 30.7 Å². The summed E-state index contributed by atoms with van der Waals surface area (Å²) in [7, 11) is 0. The Morgan fingerprint density at radius 2 is 1.82 bits per heavy atom. The number of likely N-dealkylation sites (tertiary alicyclic amines) is 1. The summed E-state index contributed by atoms with van der Waals surface area (Å²) in [6, 6.07) is 3.99. The fourth-order valence-electron chi connectivity index (χ4n) is 5.89. The molecule has 5 rings (SSSR count). The molecule has 0 unspecified atom stereocenters. The number of nitrogens with zero attached hydrogens (tertiary/aromatic N) is 2. The molecule has 0 spiro atoms. The van der Waals surface area contributed by atoms with E-state index in [0.29, 0.717) is 42.4 Å². The SMILES string of the molecule is C[C@@H]1Cc2c([nH]c3ccc(F)cc23)[C@@H](c2c(F)cc(N[C@H]3CCN(CCCF)C3)cc2F)N1CC(F)(F)F. The van der Waals surface area contributed by atoms with Gasteiger partial charge in [0, 0.05) is 59.6 Å². The summed E-state index contributed by atoms with van der Waals surface area (Å²) in [6.45, 7) is 1.72. The number of nitrogens with one attached hydrogen (secondary N) is 2. The third-order valence-corrected chi connectivity index (χ3v) is 7.54. The van der Waals surface area contributed by atoms with Gasteiger partial charge in [0.25, 0.3) is 0 Å². The molecule has 4 nitrogen and oxygen atoms in total. The molecule has 0 bridgehead atoms. The van der Waals surface area contributed by atoms with Crippen molar-refractivity contribution in [3.63, 3.8) is 0 Å². The molecular weight excluding hydrogens is 513 g/mol. The Kier molecular flexibility index (Phi) is 7.34. The molecule has 206 valence electrons. The molecule has 2 aliphatic heterocycles. The maximum atomic E-state index is 15.6. The Morgan fingerprint density at radius 1 is 1.08 bits per heavy atom. The number of hydrogen-bond acceptors (Lipinski definition) is 3. The number of anilines is 1. The molecule has 0 aliphatic carbocycles. The predicted octanol–water partition coefficient (Wildman–Crippen LogP) is 6.33. The number of aromatic amines is 1. The van der Waals surface area contributed by atoms with Crippen molar-refractivity contribution in [1.82, 2.24) is 14.8 Å². The molecule has 3 heterocycles. The summed E-state index contributed by atoms with van der Waals surface area (Å²) in [6.07, 6.45) is -3.31. The van der Waals surface area contributed by atoms with Crippen molar-refractivity contribution >= 4 is 16.6 Å². The fraction of sp³-hybridized carbons (Fsp3) is 0.481. The van der Waals surface area contributed by atoms with Crippen LogP contribution >= 0.6 is 0 Å². The number of alkyl halides is 4. The van der Waals surface area contributed by atoms with Gasteiger partial charge in [-0.3, -0.25) is 9.29 Å². The van der Waals surface area contributed by atoms with E-state index in [9.17, 15) is 22.0 Å². The van der Waals surface area contributed by atoms with Crippen LogP contribution in [0.1, 0.15) is 42.6 Å². The highest BCUT2D eigenvalue weighted by Gasteiger charge is 2.44. The van der Waals surface area contributed by atoms with E-state index in [4.69, 9.17) is 0 Å². The molecule has 1 fully saturated rings. The van der Waals surface area contributed by atoms with Crippen LogP contribution in [0, 0.1) is 17.5 Å². The summed E-state index contributed by atoms with van der Waals surface area (Å²) in [5, 5.41) is 3.59. The average molecular weight is 543 g/mol. The first-order chi connectivity index (χ1) is 18.0. The first-order valence-corrected chi connectivity index (χ1v) is 12.7. The quantitative estimate of drug-likeness (QED) is 0.343. The molecule has 38 heavy (non-hydrogen) atoms. The second-order valence-corrected chi connectivity index (χ2v) is 10.3. The lowest BCUT2D eigenvalue weighted by atomic mass is 9.88. The first-order valence-electron chi connectivity index (χ1n) is 12.7. The van der Waals surface area contributed by atoms with E-state index in [0.717, 1.165) is 23.6 Å². The first kappa shape index (κ1) is 26.8. The molecule has 1 saturated heterocycles. The van der Waals surface area contributed by atoms with Gasteiger partial charge < -0.3 is 15.2 Å². The maximum Gasteiger partial charge on any atom is 0.401 e. The number of benzene rings is 2. The average Bonchev–Trinajstić information content (AvgIpc) is 3.42. The van der Waals surface area contributed by atoms with Gasteiger partial charge in [0.1, 0.15) is 17.5 Å². The van der Waals surface area contributed by atoms with Crippen LogP contribution in [-0.2, 0) is 6.42 Å². The Bertz CT molecular complexity index is 1280. The number of H-pyrrole nitrogens is 1. The zero-order valence-corrected chi connectivity index (χ0v) is 20.8. The van der Waals surface area contributed by atoms with Gasteiger partial charge in [-0.05, 0) is 62.1 Å². The van der Waals surface area contributed by atoms with Crippen molar-refractivity contribution in [3.8, 4) is 0 Å². The third-order valence-electron chi connectivity index (χ3n) is 7.54. The molecule has 0 saturated carbocycles. The van der Waals surface area contributed by atoms with Gasteiger partial charge in [-0.15, -0.1) is 0 Å². The van der Waals surface area contributed by atoms with E-state index in [1.807, 2.05) is 0 Å². The van der Waals surface area contributed by atoms with Gasteiger partial charge in [-0.25, -0.2) is 13.2 Å². The maximum absolute atomic E-state index is 15.6. The van der Waals surface area contributed by atoms with Crippen LogP contribution in [0.2, 0.25) is 0 Å². The molecule has 0 amide bonds. The second kappa shape index (κ2) is 10.4. The van der Waals surface area contributed by atoms with Gasteiger partial charge >= 0.3 is 6.18 Å². The summed E-state index contributed by atoms with van der Waals surface area (Å²) < 4.78 is 98.6. The zero-order valence-electron chi connectivity index (χ0n) is 20.8. The van der Waals surface area contributed by atoms with Gasteiger partial charge in [-0.2, -0.15) is 13.2 Å². The zero-order chi connectivity index (χ0) is 27.2. The fourth-order valence-corrected chi connectivity index (χ4v) is 5.89. The number of rotatable bonds is 7. The number of hydrogen-bond donors (Lipinski definition) is 2. The van der Waals surface area contributed by atoms with Gasteiger partial charge in [-0.1, -0.05) is 0 Å². The van der Waals surface area contributed by atoms with E-state index >= 15 is 8.78 Å². The van der Waals surface area contributed by atoms with E-state index in [2.05, 4.69) is 15.2 Å². The number of fused-ring (bicyclic) bond motifs is 3. The number of aromatic nitrogens is 1. The van der Waals surface area contributed by atoms with E-state index in [1.165, 1.54) is 18.2 Å². The smallest absolute Gasteiger partial charge is 0.381 e. The van der Waals surface area contributed by atoms with Gasteiger partial charge in [0.2, 0.25) is 0 Å². The lowest BCUT2D eigenvalue weighted by Crippen LogP contribution is -2.47. The van der Waals surface area contributed by atoms with Crippen molar-refractivity contribution in [2.24, 2.45) is 0 Å². The van der Waals surface area contributed by atoms with Gasteiger partial charge in [0.15, 0.2) is 0 Å². The Hall–Kier alpha value is -2.79. The summed E-state index contributed by atoms with van der Waals surface area (Å²) in [5.74, 6) is -2.45. The molecular formula is C27H29F7N4. The number of halogens is 7. The minimum Gasteiger partial charge on any atom is -0.381 e.